The summed E-state index contributed by atoms with van der Waals surface area (Å²) < 4.78 is 0. The van der Waals surface area contributed by atoms with Crippen molar-refractivity contribution in [3.05, 3.63) is 42.1 Å². The van der Waals surface area contributed by atoms with E-state index in [0.717, 1.165) is 12.2 Å². The molecule has 106 valence electrons. The van der Waals surface area contributed by atoms with Gasteiger partial charge in [-0.05, 0) is 25.8 Å². The van der Waals surface area contributed by atoms with E-state index >= 15 is 0 Å². The summed E-state index contributed by atoms with van der Waals surface area (Å²) in [6, 6.07) is 10.7. The number of benzene rings is 1. The van der Waals surface area contributed by atoms with Crippen LogP contribution in [0.15, 0.2) is 36.5 Å². The molecule has 2 unspecified atom stereocenters. The van der Waals surface area contributed by atoms with Crippen LogP contribution in [0.4, 0.5) is 11.8 Å². The fraction of sp³-hybridized carbons (Fsp3) is 0.400. The topological polar surface area (TPSA) is 62.7 Å². The van der Waals surface area contributed by atoms with Crippen molar-refractivity contribution in [1.82, 2.24) is 15.2 Å². The quantitative estimate of drug-likeness (QED) is 0.844. The molecule has 0 aliphatic rings. The Morgan fingerprint density at radius 2 is 1.85 bits per heavy atom. The van der Waals surface area contributed by atoms with Crippen LogP contribution in [-0.2, 0) is 0 Å². The Labute approximate surface area is 119 Å². The molecule has 2 atom stereocenters. The van der Waals surface area contributed by atoms with Gasteiger partial charge in [0, 0.05) is 12.1 Å². The first-order chi connectivity index (χ1) is 9.69. The maximum absolute atomic E-state index is 4.43. The van der Waals surface area contributed by atoms with Gasteiger partial charge in [-0.3, -0.25) is 0 Å². The number of nitrogens with one attached hydrogen (secondary N) is 2. The molecule has 5 nitrogen and oxygen atoms in total. The summed E-state index contributed by atoms with van der Waals surface area (Å²) in [5.74, 6) is 1.28. The monoisotopic (exact) mass is 271 g/mol. The average molecular weight is 271 g/mol. The molecule has 0 amide bonds. The van der Waals surface area contributed by atoms with Crippen molar-refractivity contribution in [2.75, 3.05) is 10.6 Å². The van der Waals surface area contributed by atoms with Gasteiger partial charge in [0.1, 0.15) is 0 Å². The number of hydrogen-bond donors (Lipinski definition) is 2. The van der Waals surface area contributed by atoms with E-state index in [-0.39, 0.29) is 6.04 Å². The molecule has 2 aromatic rings. The number of anilines is 2. The summed E-state index contributed by atoms with van der Waals surface area (Å²) in [6.45, 7) is 6.31. The van der Waals surface area contributed by atoms with Crippen LogP contribution >= 0.6 is 0 Å². The van der Waals surface area contributed by atoms with E-state index in [1.165, 1.54) is 5.56 Å². The first-order valence-electron chi connectivity index (χ1n) is 6.96. The normalized spacial score (nSPS) is 13.6. The van der Waals surface area contributed by atoms with E-state index in [2.05, 4.69) is 58.7 Å². The van der Waals surface area contributed by atoms with E-state index < -0.39 is 0 Å². The second-order valence-corrected chi connectivity index (χ2v) is 4.90. The Balaban J connectivity index is 2.04. The van der Waals surface area contributed by atoms with Crippen molar-refractivity contribution in [2.24, 2.45) is 0 Å². The second kappa shape index (κ2) is 6.84. The lowest BCUT2D eigenvalue weighted by Gasteiger charge is -2.16. The van der Waals surface area contributed by atoms with Crippen LogP contribution in [0, 0.1) is 0 Å². The Hall–Kier alpha value is -2.17. The van der Waals surface area contributed by atoms with Crippen LogP contribution < -0.4 is 10.6 Å². The van der Waals surface area contributed by atoms with Crippen LogP contribution in [0.1, 0.15) is 38.8 Å². The maximum atomic E-state index is 4.43. The van der Waals surface area contributed by atoms with Crippen molar-refractivity contribution in [2.45, 2.75) is 39.3 Å². The summed E-state index contributed by atoms with van der Waals surface area (Å²) in [4.78, 5) is 4.43. The van der Waals surface area contributed by atoms with Crippen molar-refractivity contribution in [3.63, 3.8) is 0 Å². The highest BCUT2D eigenvalue weighted by Crippen LogP contribution is 2.17. The van der Waals surface area contributed by atoms with Crippen LogP contribution in [0.2, 0.25) is 0 Å². The molecule has 0 fully saturated rings. The summed E-state index contributed by atoms with van der Waals surface area (Å²) in [6.07, 6.45) is 2.66. The van der Waals surface area contributed by atoms with Gasteiger partial charge in [-0.1, -0.05) is 37.3 Å². The second-order valence-electron chi connectivity index (χ2n) is 4.90. The highest BCUT2D eigenvalue weighted by atomic mass is 15.3. The SMILES string of the molecule is CCC(C)Nc1nncc(NC(C)c2ccccc2)n1. The lowest BCUT2D eigenvalue weighted by molar-refractivity contribution is 0.745. The largest absolute Gasteiger partial charge is 0.362 e. The van der Waals surface area contributed by atoms with Crippen molar-refractivity contribution >= 4 is 11.8 Å². The molecule has 2 N–H and O–H groups in total. The third kappa shape index (κ3) is 3.91. The Bertz CT molecular complexity index is 529. The minimum absolute atomic E-state index is 0.171. The van der Waals surface area contributed by atoms with Crippen LogP contribution in [0.5, 0.6) is 0 Å². The molecule has 0 bridgehead atoms. The van der Waals surface area contributed by atoms with Crippen LogP contribution in [0.25, 0.3) is 0 Å². The van der Waals surface area contributed by atoms with E-state index in [1.807, 2.05) is 18.2 Å². The minimum Gasteiger partial charge on any atom is -0.362 e. The fourth-order valence-corrected chi connectivity index (χ4v) is 1.80. The molecule has 5 heteroatoms. The molecule has 20 heavy (non-hydrogen) atoms. The Morgan fingerprint density at radius 3 is 2.55 bits per heavy atom. The van der Waals surface area contributed by atoms with Gasteiger partial charge < -0.3 is 10.6 Å². The molecule has 0 radical (unpaired) electrons. The third-order valence-electron chi connectivity index (χ3n) is 3.21. The van der Waals surface area contributed by atoms with Gasteiger partial charge in [-0.2, -0.15) is 10.1 Å². The smallest absolute Gasteiger partial charge is 0.244 e. The molecule has 0 saturated carbocycles. The summed E-state index contributed by atoms with van der Waals surface area (Å²) in [7, 11) is 0. The molecular weight excluding hydrogens is 250 g/mol. The summed E-state index contributed by atoms with van der Waals surface area (Å²) >= 11 is 0. The van der Waals surface area contributed by atoms with E-state index in [1.54, 1.807) is 6.20 Å². The predicted octanol–water partition coefficient (Wildman–Crippen LogP) is 3.26. The van der Waals surface area contributed by atoms with Gasteiger partial charge in [0.05, 0.1) is 6.20 Å². The van der Waals surface area contributed by atoms with Crippen molar-refractivity contribution in [3.8, 4) is 0 Å². The highest BCUT2D eigenvalue weighted by molar-refractivity contribution is 5.40. The lowest BCUT2D eigenvalue weighted by atomic mass is 10.1. The van der Waals surface area contributed by atoms with Gasteiger partial charge in [-0.15, -0.1) is 5.10 Å². The summed E-state index contributed by atoms with van der Waals surface area (Å²) in [5.41, 5.74) is 1.21. The number of rotatable bonds is 6. The van der Waals surface area contributed by atoms with Gasteiger partial charge in [0.25, 0.3) is 0 Å². The van der Waals surface area contributed by atoms with E-state index in [9.17, 15) is 0 Å². The molecule has 1 aromatic carbocycles. The number of nitrogens with zero attached hydrogens (tertiary/aromatic N) is 3. The zero-order chi connectivity index (χ0) is 14.4. The Morgan fingerprint density at radius 1 is 1.10 bits per heavy atom. The minimum atomic E-state index is 0.171. The average Bonchev–Trinajstić information content (AvgIpc) is 2.48. The zero-order valence-electron chi connectivity index (χ0n) is 12.2. The van der Waals surface area contributed by atoms with Crippen molar-refractivity contribution < 1.29 is 0 Å². The predicted molar refractivity (Wildman–Crippen MR) is 81.7 cm³/mol. The molecule has 0 aliphatic heterocycles. The molecule has 1 aromatic heterocycles. The first-order valence-corrected chi connectivity index (χ1v) is 6.96. The van der Waals surface area contributed by atoms with Gasteiger partial charge >= 0.3 is 0 Å². The number of aromatic nitrogens is 3. The fourth-order valence-electron chi connectivity index (χ4n) is 1.80. The maximum Gasteiger partial charge on any atom is 0.244 e. The van der Waals surface area contributed by atoms with E-state index in [0.29, 0.717) is 12.0 Å². The molecular formula is C15H21N5. The molecule has 0 aliphatic carbocycles. The van der Waals surface area contributed by atoms with Crippen LogP contribution in [-0.4, -0.2) is 21.2 Å². The van der Waals surface area contributed by atoms with E-state index in [4.69, 9.17) is 0 Å². The van der Waals surface area contributed by atoms with Crippen molar-refractivity contribution in [1.29, 1.82) is 0 Å². The lowest BCUT2D eigenvalue weighted by Crippen LogP contribution is -2.17. The van der Waals surface area contributed by atoms with Gasteiger partial charge in [0.15, 0.2) is 5.82 Å². The van der Waals surface area contributed by atoms with Crippen LogP contribution in [0.3, 0.4) is 0 Å². The van der Waals surface area contributed by atoms with Gasteiger partial charge in [-0.25, -0.2) is 0 Å². The first kappa shape index (κ1) is 14.2. The Kier molecular flexibility index (Phi) is 4.87. The highest BCUT2D eigenvalue weighted by Gasteiger charge is 2.08. The zero-order valence-corrected chi connectivity index (χ0v) is 12.2. The summed E-state index contributed by atoms with van der Waals surface area (Å²) in [5, 5.41) is 14.5. The standard InChI is InChI=1S/C15H21N5/c1-4-11(2)17-15-19-14(10-16-20-15)18-12(3)13-8-6-5-7-9-13/h5-12H,4H2,1-3H3,(H2,17,18,19,20). The molecule has 2 rings (SSSR count). The third-order valence-corrected chi connectivity index (χ3v) is 3.21. The number of hydrogen-bond acceptors (Lipinski definition) is 5. The molecule has 1 heterocycles. The molecule has 0 saturated heterocycles. The molecule has 0 spiro atoms. The van der Waals surface area contributed by atoms with Gasteiger partial charge in [0.2, 0.25) is 5.95 Å².